The number of thioether (sulfide) groups is 1. The smallest absolute Gasteiger partial charge is 0.166 e. The Morgan fingerprint density at radius 2 is 2.14 bits per heavy atom. The van der Waals surface area contributed by atoms with Crippen LogP contribution in [0.3, 0.4) is 0 Å². The molecule has 1 aromatic carbocycles. The molecule has 2 atom stereocenters. The number of hydrogen-bond donors (Lipinski definition) is 2. The number of fused-ring (bicyclic) bond motifs is 1. The number of imidazole rings is 1. The second kappa shape index (κ2) is 6.84. The first-order valence-corrected chi connectivity index (χ1v) is 9.00. The number of aromatic amines is 1. The highest BCUT2D eigenvalue weighted by atomic mass is 32.2. The van der Waals surface area contributed by atoms with Crippen LogP contribution < -0.4 is 5.32 Å². The summed E-state index contributed by atoms with van der Waals surface area (Å²) in [6.07, 6.45) is 6.66. The fraction of sp³-hybridized carbons (Fsp3) is 0.588. The molecule has 21 heavy (non-hydrogen) atoms. The minimum atomic E-state index is 0.623. The molecule has 114 valence electrons. The second-order valence-electron chi connectivity index (χ2n) is 6.02. The van der Waals surface area contributed by atoms with Gasteiger partial charge < -0.3 is 10.3 Å². The summed E-state index contributed by atoms with van der Waals surface area (Å²) in [4.78, 5) is 8.24. The summed E-state index contributed by atoms with van der Waals surface area (Å²) in [6.45, 7) is 5.39. The molecule has 3 rings (SSSR count). The Hall–Kier alpha value is -1.00. The van der Waals surface area contributed by atoms with Crippen molar-refractivity contribution >= 4 is 22.8 Å². The number of aryl methyl sites for hydroxylation is 1. The molecular weight excluding hydrogens is 278 g/mol. The fourth-order valence-electron chi connectivity index (χ4n) is 3.21. The number of benzene rings is 1. The van der Waals surface area contributed by atoms with Crippen LogP contribution in [-0.2, 0) is 0 Å². The van der Waals surface area contributed by atoms with E-state index in [0.29, 0.717) is 11.3 Å². The van der Waals surface area contributed by atoms with E-state index in [-0.39, 0.29) is 0 Å². The molecule has 2 unspecified atom stereocenters. The third kappa shape index (κ3) is 3.61. The van der Waals surface area contributed by atoms with E-state index in [1.165, 1.54) is 37.7 Å². The van der Waals surface area contributed by atoms with Gasteiger partial charge in [0.2, 0.25) is 0 Å². The number of nitrogens with zero attached hydrogens (tertiary/aromatic N) is 1. The first kappa shape index (κ1) is 14.9. The molecule has 1 aliphatic rings. The van der Waals surface area contributed by atoms with Crippen LogP contribution in [0, 0.1) is 6.92 Å². The monoisotopic (exact) mass is 303 g/mol. The second-order valence-corrected chi connectivity index (χ2v) is 7.25. The first-order valence-electron chi connectivity index (χ1n) is 8.12. The Labute approximate surface area is 131 Å². The lowest BCUT2D eigenvalue weighted by molar-refractivity contribution is 0.482. The Morgan fingerprint density at radius 3 is 3.00 bits per heavy atom. The molecule has 0 aliphatic heterocycles. The van der Waals surface area contributed by atoms with Crippen LogP contribution in [0.1, 0.15) is 44.6 Å². The average molecular weight is 303 g/mol. The van der Waals surface area contributed by atoms with Crippen molar-refractivity contribution in [2.24, 2.45) is 0 Å². The maximum Gasteiger partial charge on any atom is 0.166 e. The van der Waals surface area contributed by atoms with Crippen LogP contribution >= 0.6 is 11.8 Å². The van der Waals surface area contributed by atoms with Crippen molar-refractivity contribution in [2.75, 3.05) is 6.54 Å². The van der Waals surface area contributed by atoms with Crippen molar-refractivity contribution in [1.82, 2.24) is 15.3 Å². The van der Waals surface area contributed by atoms with E-state index in [9.17, 15) is 0 Å². The zero-order valence-corrected chi connectivity index (χ0v) is 13.8. The molecule has 1 heterocycles. The molecule has 2 aromatic rings. The van der Waals surface area contributed by atoms with Crippen molar-refractivity contribution in [3.05, 3.63) is 23.8 Å². The predicted molar refractivity (Wildman–Crippen MR) is 91.0 cm³/mol. The minimum Gasteiger partial charge on any atom is -0.333 e. The largest absolute Gasteiger partial charge is 0.333 e. The minimum absolute atomic E-state index is 0.623. The van der Waals surface area contributed by atoms with Crippen molar-refractivity contribution < 1.29 is 0 Å². The van der Waals surface area contributed by atoms with Crippen molar-refractivity contribution in [2.45, 2.75) is 62.4 Å². The standard InChI is InChI=1S/C17H25N3S/c1-3-18-14-7-5-4-6-8-16(14)21-17-19-13-10-9-12(2)11-15(13)20-17/h9-11,14,16,18H,3-8H2,1-2H3,(H,19,20). The topological polar surface area (TPSA) is 40.7 Å². The zero-order valence-electron chi connectivity index (χ0n) is 13.0. The summed E-state index contributed by atoms with van der Waals surface area (Å²) >= 11 is 1.93. The third-order valence-corrected chi connectivity index (χ3v) is 5.58. The maximum absolute atomic E-state index is 4.75. The summed E-state index contributed by atoms with van der Waals surface area (Å²) in [5.74, 6) is 0. The molecule has 3 nitrogen and oxygen atoms in total. The van der Waals surface area contributed by atoms with E-state index < -0.39 is 0 Å². The molecule has 4 heteroatoms. The zero-order chi connectivity index (χ0) is 14.7. The van der Waals surface area contributed by atoms with Gasteiger partial charge in [-0.3, -0.25) is 0 Å². The maximum atomic E-state index is 4.75. The number of aromatic nitrogens is 2. The van der Waals surface area contributed by atoms with Crippen LogP contribution in [0.25, 0.3) is 11.0 Å². The van der Waals surface area contributed by atoms with Crippen LogP contribution in [0.15, 0.2) is 23.4 Å². The number of rotatable bonds is 4. The highest BCUT2D eigenvalue weighted by Crippen LogP contribution is 2.32. The van der Waals surface area contributed by atoms with Crippen molar-refractivity contribution in [3.63, 3.8) is 0 Å². The normalized spacial score (nSPS) is 23.3. The van der Waals surface area contributed by atoms with Gasteiger partial charge in [-0.2, -0.15) is 0 Å². The van der Waals surface area contributed by atoms with E-state index in [0.717, 1.165) is 22.7 Å². The quantitative estimate of drug-likeness (QED) is 0.829. The van der Waals surface area contributed by atoms with E-state index >= 15 is 0 Å². The predicted octanol–water partition coefficient (Wildman–Crippen LogP) is 4.27. The Balaban J connectivity index is 1.78. The summed E-state index contributed by atoms with van der Waals surface area (Å²) < 4.78 is 0. The van der Waals surface area contributed by atoms with Gasteiger partial charge >= 0.3 is 0 Å². The van der Waals surface area contributed by atoms with Gasteiger partial charge in [0.15, 0.2) is 5.16 Å². The van der Waals surface area contributed by atoms with Gasteiger partial charge in [-0.25, -0.2) is 4.98 Å². The lowest BCUT2D eigenvalue weighted by Crippen LogP contribution is -2.37. The molecular formula is C17H25N3S. The molecule has 1 saturated carbocycles. The number of H-pyrrole nitrogens is 1. The van der Waals surface area contributed by atoms with E-state index in [1.54, 1.807) is 0 Å². The summed E-state index contributed by atoms with van der Waals surface area (Å²) in [5.41, 5.74) is 3.52. The van der Waals surface area contributed by atoms with Crippen LogP contribution in [0.4, 0.5) is 0 Å². The van der Waals surface area contributed by atoms with Gasteiger partial charge in [-0.05, 0) is 44.0 Å². The fourth-order valence-corrected chi connectivity index (χ4v) is 4.50. The SMILES string of the molecule is CCNC1CCCCCC1Sc1nc2ccc(C)cc2[nH]1. The lowest BCUT2D eigenvalue weighted by Gasteiger charge is -2.24. The molecule has 0 saturated heterocycles. The number of hydrogen-bond acceptors (Lipinski definition) is 3. The van der Waals surface area contributed by atoms with Crippen molar-refractivity contribution in [1.29, 1.82) is 0 Å². The molecule has 0 amide bonds. The van der Waals surface area contributed by atoms with E-state index in [1.807, 2.05) is 11.8 Å². The van der Waals surface area contributed by atoms with E-state index in [2.05, 4.69) is 42.3 Å². The summed E-state index contributed by atoms with van der Waals surface area (Å²) in [5, 5.41) is 5.38. The molecule has 0 bridgehead atoms. The van der Waals surface area contributed by atoms with Gasteiger partial charge in [0, 0.05) is 11.3 Å². The molecule has 0 radical (unpaired) electrons. The van der Waals surface area contributed by atoms with E-state index in [4.69, 9.17) is 4.98 Å². The van der Waals surface area contributed by atoms with Crippen LogP contribution in [0.5, 0.6) is 0 Å². The first-order chi connectivity index (χ1) is 10.3. The van der Waals surface area contributed by atoms with Gasteiger partial charge in [0.25, 0.3) is 0 Å². The Bertz CT molecular complexity index is 593. The summed E-state index contributed by atoms with van der Waals surface area (Å²) in [6, 6.07) is 7.05. The summed E-state index contributed by atoms with van der Waals surface area (Å²) in [7, 11) is 0. The highest BCUT2D eigenvalue weighted by molar-refractivity contribution is 7.99. The molecule has 1 fully saturated rings. The lowest BCUT2D eigenvalue weighted by atomic mass is 10.1. The Kier molecular flexibility index (Phi) is 4.86. The third-order valence-electron chi connectivity index (χ3n) is 4.30. The van der Waals surface area contributed by atoms with Gasteiger partial charge in [0.05, 0.1) is 11.0 Å². The van der Waals surface area contributed by atoms with Crippen molar-refractivity contribution in [3.8, 4) is 0 Å². The van der Waals surface area contributed by atoms with Gasteiger partial charge in [0.1, 0.15) is 0 Å². The van der Waals surface area contributed by atoms with Crippen LogP contribution in [-0.4, -0.2) is 27.8 Å². The Morgan fingerprint density at radius 1 is 1.29 bits per heavy atom. The van der Waals surface area contributed by atoms with Gasteiger partial charge in [-0.15, -0.1) is 0 Å². The van der Waals surface area contributed by atoms with Gasteiger partial charge in [-0.1, -0.05) is 44.0 Å². The molecule has 1 aliphatic carbocycles. The molecule has 0 spiro atoms. The number of nitrogens with one attached hydrogen (secondary N) is 2. The van der Waals surface area contributed by atoms with Crippen LogP contribution in [0.2, 0.25) is 0 Å². The average Bonchev–Trinajstić information content (AvgIpc) is 2.73. The molecule has 2 N–H and O–H groups in total. The highest BCUT2D eigenvalue weighted by Gasteiger charge is 2.24. The molecule has 1 aromatic heterocycles.